The summed E-state index contributed by atoms with van der Waals surface area (Å²) in [7, 11) is -12.2. The van der Waals surface area contributed by atoms with Crippen LogP contribution in [0, 0.1) is 0 Å². The van der Waals surface area contributed by atoms with E-state index in [-0.39, 0.29) is 98.1 Å². The quantitative estimate of drug-likeness (QED) is 0.0375. The summed E-state index contributed by atoms with van der Waals surface area (Å²) in [4.78, 5) is 1.46. The Kier molecular flexibility index (Phi) is 24.8. The fourth-order valence-corrected chi connectivity index (χ4v) is 8.81. The first-order chi connectivity index (χ1) is 29.6. The molecule has 17 nitrogen and oxygen atoms in total. The van der Waals surface area contributed by atoms with Gasteiger partial charge >= 0.3 is 59.1 Å². The molecule has 22 heteroatoms. The van der Waals surface area contributed by atoms with E-state index in [0.29, 0.717) is 93.0 Å². The first-order valence-electron chi connectivity index (χ1n) is 20.7. The molecule has 1 atom stereocenters. The van der Waals surface area contributed by atoms with Gasteiger partial charge in [0.05, 0.1) is 70.8 Å². The van der Waals surface area contributed by atoms with Crippen molar-refractivity contribution in [3.05, 3.63) is 82.6 Å². The van der Waals surface area contributed by atoms with Crippen LogP contribution >= 0.6 is 0 Å². The molecule has 1 aliphatic carbocycles. The van der Waals surface area contributed by atoms with Crippen molar-refractivity contribution < 1.29 is 126 Å². The predicted molar refractivity (Wildman–Crippen MR) is 234 cm³/mol. The number of allylic oxidation sites excluding steroid dienone is 3. The number of ether oxygens (including phenoxy) is 4. The summed E-state index contributed by atoms with van der Waals surface area (Å²) >= 11 is 0. The molecule has 0 fully saturated rings. The molecule has 3 aliphatic rings. The molecule has 0 spiro atoms. The molecule has 2 heterocycles. The van der Waals surface area contributed by atoms with Gasteiger partial charge in [0.2, 0.25) is 5.36 Å². The minimum Gasteiger partial charge on any atom is -0.748 e. The Hall–Kier alpha value is -1.54. The Labute approximate surface area is 428 Å². The van der Waals surface area contributed by atoms with Crippen molar-refractivity contribution in [3.8, 4) is 11.3 Å². The molecule has 1 unspecified atom stereocenters. The average Bonchev–Trinajstić information content (AvgIpc) is 3.42. The van der Waals surface area contributed by atoms with E-state index in [2.05, 4.69) is 0 Å². The maximum absolute atomic E-state index is 12.1. The Morgan fingerprint density at radius 1 is 0.800 bits per heavy atom. The molecular formula is C43H60N2Na2O15S3. The first-order valence-corrected chi connectivity index (χ1v) is 25.3. The third kappa shape index (κ3) is 18.7. The van der Waals surface area contributed by atoms with Gasteiger partial charge in [-0.1, -0.05) is 32.9 Å². The second kappa shape index (κ2) is 27.0. The van der Waals surface area contributed by atoms with Crippen LogP contribution in [0.1, 0.15) is 70.3 Å². The Bertz CT molecular complexity index is 2440. The van der Waals surface area contributed by atoms with Crippen LogP contribution in [-0.2, 0) is 60.1 Å². The summed E-state index contributed by atoms with van der Waals surface area (Å²) < 4.78 is 136. The van der Waals surface area contributed by atoms with E-state index in [1.165, 1.54) is 18.2 Å². The number of aliphatic hydroxyl groups excluding tert-OH is 1. The Morgan fingerprint density at radius 2 is 1.42 bits per heavy atom. The van der Waals surface area contributed by atoms with E-state index >= 15 is 0 Å². The van der Waals surface area contributed by atoms with Gasteiger partial charge in [0.15, 0.2) is 6.54 Å². The van der Waals surface area contributed by atoms with Crippen molar-refractivity contribution in [1.82, 2.24) is 4.58 Å². The van der Waals surface area contributed by atoms with E-state index in [4.69, 9.17) is 23.4 Å². The summed E-state index contributed by atoms with van der Waals surface area (Å²) in [6.45, 7) is 11.4. The monoisotopic (exact) mass is 986 g/mol. The van der Waals surface area contributed by atoms with Gasteiger partial charge in [-0.3, -0.25) is 0 Å². The van der Waals surface area contributed by atoms with Gasteiger partial charge in [-0.25, -0.2) is 29.8 Å². The SMILES string of the molecule is COCCOCCOCCOCC[N+](CCCS(=O)(=O)[O-])=c1ccc2c(/C=C/C=C3\N(CCCO)c4ccc(S(=O)(=O)[O-])cc4C3(C)CCCS(=O)(=O)[O-])cc(C(C)(C)C)oc-2c1.[Na+].[Na+]. The van der Waals surface area contributed by atoms with Crippen molar-refractivity contribution in [1.29, 1.82) is 0 Å². The summed E-state index contributed by atoms with van der Waals surface area (Å²) in [5.74, 6) is 0.0181. The van der Waals surface area contributed by atoms with Crippen LogP contribution < -0.4 is 73.9 Å². The minimum atomic E-state index is -4.85. The minimum absolute atomic E-state index is 0. The van der Waals surface area contributed by atoms with Gasteiger partial charge in [-0.05, 0) is 73.7 Å². The molecule has 2 aliphatic heterocycles. The van der Waals surface area contributed by atoms with Crippen molar-refractivity contribution >= 4 is 42.1 Å². The number of nitrogens with zero attached hydrogens (tertiary/aromatic N) is 2. The number of methoxy groups -OCH3 is 1. The third-order valence-corrected chi connectivity index (χ3v) is 12.9. The number of aliphatic hydroxyl groups is 1. The molecule has 0 aromatic heterocycles. The second-order valence-corrected chi connectivity index (χ2v) is 20.8. The zero-order chi connectivity index (χ0) is 46.5. The largest absolute Gasteiger partial charge is 1.00 e. The van der Waals surface area contributed by atoms with E-state index in [1.54, 1.807) is 20.1 Å². The van der Waals surface area contributed by atoms with Crippen molar-refractivity contribution in [2.45, 2.75) is 69.1 Å². The standard InChI is InChI=1S/C43H62N2O15S3.2Na/c1-42(2,3)41-30-33(10-6-11-40-43(4,16-7-28-61(47,48)49)37-32-35(63(53,54)55)13-15-38(37)45(40)18-8-20-46)36-14-12-34(31-39(36)60-41)44(17-9-29-62(50,51)52)19-21-57-24-25-59-27-26-58-23-22-56-5;;/h6,10-15,30-32,46H,7-9,16-29H2,1-5H3,(H2-,47,48,49,50,51,52,53,54,55);;/q;2*+1/p-2. The van der Waals surface area contributed by atoms with Crippen LogP contribution in [0.2, 0.25) is 0 Å². The van der Waals surface area contributed by atoms with Gasteiger partial charge in [0.25, 0.3) is 0 Å². The molecule has 0 radical (unpaired) electrons. The fourth-order valence-electron chi connectivity index (χ4n) is 7.33. The molecule has 0 bridgehead atoms. The first kappa shape index (κ1) is 59.6. The van der Waals surface area contributed by atoms with Gasteiger partial charge in [-0.15, -0.1) is 0 Å². The number of hydrogen-bond donors (Lipinski definition) is 1. The van der Waals surface area contributed by atoms with Crippen LogP contribution in [0.5, 0.6) is 0 Å². The maximum Gasteiger partial charge on any atom is 1.00 e. The number of anilines is 1. The summed E-state index contributed by atoms with van der Waals surface area (Å²) in [6.07, 6.45) is 6.03. The van der Waals surface area contributed by atoms with Crippen LogP contribution in [0.4, 0.5) is 5.69 Å². The van der Waals surface area contributed by atoms with E-state index < -0.39 is 57.6 Å². The third-order valence-electron chi connectivity index (χ3n) is 10.5. The second-order valence-electron chi connectivity index (χ2n) is 16.4. The molecule has 1 N–H and O–H groups in total. The molecule has 0 saturated heterocycles. The number of fused-ring (bicyclic) bond motifs is 2. The zero-order valence-corrected chi connectivity index (χ0v) is 45.0. The molecule has 0 saturated carbocycles. The molecule has 1 aromatic rings. The Morgan fingerprint density at radius 3 is 2.00 bits per heavy atom. The van der Waals surface area contributed by atoms with Crippen molar-refractivity contribution in [2.24, 2.45) is 0 Å². The van der Waals surface area contributed by atoms with Crippen LogP contribution in [0.25, 0.3) is 17.4 Å². The van der Waals surface area contributed by atoms with E-state index in [0.717, 1.165) is 11.1 Å². The summed E-state index contributed by atoms with van der Waals surface area (Å²) in [5, 5.41) is 10.5. The van der Waals surface area contributed by atoms with Gasteiger partial charge in [0, 0.05) is 72.0 Å². The van der Waals surface area contributed by atoms with E-state index in [9.17, 15) is 44.0 Å². The molecule has 4 rings (SSSR count). The fraction of sp³-hybridized carbons (Fsp3) is 0.558. The van der Waals surface area contributed by atoms with Crippen molar-refractivity contribution in [3.63, 3.8) is 0 Å². The van der Waals surface area contributed by atoms with Gasteiger partial charge in [-0.2, -0.15) is 0 Å². The van der Waals surface area contributed by atoms with Crippen LogP contribution in [0.3, 0.4) is 0 Å². The average molecular weight is 987 g/mol. The van der Waals surface area contributed by atoms with E-state index in [1.807, 2.05) is 66.7 Å². The maximum atomic E-state index is 12.1. The molecule has 352 valence electrons. The normalized spacial score (nSPS) is 16.8. The molecule has 0 amide bonds. The molecule has 1 aromatic carbocycles. The molecular weight excluding hydrogens is 927 g/mol. The number of benzene rings is 2. The predicted octanol–water partition coefficient (Wildman–Crippen LogP) is -2.62. The van der Waals surface area contributed by atoms with Crippen molar-refractivity contribution in [2.75, 3.05) is 96.0 Å². The zero-order valence-electron chi connectivity index (χ0n) is 38.6. The number of rotatable bonds is 26. The number of hydrogen-bond acceptors (Lipinski definition) is 16. The van der Waals surface area contributed by atoms with Gasteiger partial charge < -0.3 is 47.0 Å². The van der Waals surface area contributed by atoms with Gasteiger partial charge in [0.1, 0.15) is 34.8 Å². The summed E-state index contributed by atoms with van der Waals surface area (Å²) in [6, 6.07) is 11.6. The van der Waals surface area contributed by atoms with Crippen LogP contribution in [-0.4, -0.2) is 135 Å². The van der Waals surface area contributed by atoms with Crippen LogP contribution in [0.15, 0.2) is 69.6 Å². The Balaban J connectivity index is 0.00000726. The topological polar surface area (TPSA) is 248 Å². The smallest absolute Gasteiger partial charge is 0.748 e. The molecule has 65 heavy (non-hydrogen) atoms. The summed E-state index contributed by atoms with van der Waals surface area (Å²) in [5.41, 5.74) is 1.75.